The zero-order valence-electron chi connectivity index (χ0n) is 16.0. The largest absolute Gasteiger partial charge is 0.368 e. The number of hydrogen-bond donors (Lipinski definition) is 1. The van der Waals surface area contributed by atoms with Crippen LogP contribution in [0.2, 0.25) is 0 Å². The van der Waals surface area contributed by atoms with Crippen LogP contribution < -0.4 is 5.32 Å². The highest BCUT2D eigenvalue weighted by Crippen LogP contribution is 2.22. The van der Waals surface area contributed by atoms with E-state index in [9.17, 15) is 14.0 Å². The van der Waals surface area contributed by atoms with Crippen molar-refractivity contribution >= 4 is 11.8 Å². The second-order valence-corrected chi connectivity index (χ2v) is 7.67. The van der Waals surface area contributed by atoms with Gasteiger partial charge in [-0.2, -0.15) is 0 Å². The second kappa shape index (κ2) is 9.31. The molecule has 1 N–H and O–H groups in total. The molecular weight excluding hydrogens is 347 g/mol. The number of amides is 2. The first-order valence-corrected chi connectivity index (χ1v) is 9.95. The van der Waals surface area contributed by atoms with Gasteiger partial charge in [0.1, 0.15) is 12.4 Å². The Morgan fingerprint density at radius 1 is 1.19 bits per heavy atom. The number of carbonyl (C=O) groups is 2. The SMILES string of the molecule is Cc1ccc(CNC(=O)C2CCN(C(=O)COC3CCCC3)CC2)cc1F. The van der Waals surface area contributed by atoms with Gasteiger partial charge in [-0.25, -0.2) is 4.39 Å². The molecule has 0 atom stereocenters. The van der Waals surface area contributed by atoms with E-state index >= 15 is 0 Å². The standard InChI is InChI=1S/C21H29FN2O3/c1-15-6-7-16(12-19(15)22)13-23-21(26)17-8-10-24(11-9-17)20(25)14-27-18-4-2-3-5-18/h6-7,12,17-18H,2-5,8-11,13-14H2,1H3,(H,23,26). The molecule has 1 aliphatic carbocycles. The van der Waals surface area contributed by atoms with Crippen molar-refractivity contribution in [2.75, 3.05) is 19.7 Å². The molecule has 2 aliphatic rings. The molecular formula is C21H29FN2O3. The van der Waals surface area contributed by atoms with E-state index in [0.29, 0.717) is 38.0 Å². The molecule has 2 amide bonds. The normalized spacial score (nSPS) is 18.7. The summed E-state index contributed by atoms with van der Waals surface area (Å²) < 4.78 is 19.3. The molecule has 27 heavy (non-hydrogen) atoms. The quantitative estimate of drug-likeness (QED) is 0.830. The number of benzene rings is 1. The van der Waals surface area contributed by atoms with Crippen molar-refractivity contribution in [3.8, 4) is 0 Å². The number of nitrogens with one attached hydrogen (secondary N) is 1. The summed E-state index contributed by atoms with van der Waals surface area (Å²) in [5, 5.41) is 2.89. The molecule has 1 aromatic carbocycles. The topological polar surface area (TPSA) is 58.6 Å². The van der Waals surface area contributed by atoms with E-state index < -0.39 is 0 Å². The lowest BCUT2D eigenvalue weighted by Gasteiger charge is -2.31. The minimum absolute atomic E-state index is 0.0229. The Kier molecular flexibility index (Phi) is 6.83. The van der Waals surface area contributed by atoms with Crippen LogP contribution in [0.25, 0.3) is 0 Å². The highest BCUT2D eigenvalue weighted by atomic mass is 19.1. The molecule has 1 saturated carbocycles. The first kappa shape index (κ1) is 19.8. The maximum absolute atomic E-state index is 13.6. The fourth-order valence-corrected chi connectivity index (χ4v) is 3.81. The molecule has 0 aromatic heterocycles. The lowest BCUT2D eigenvalue weighted by Crippen LogP contribution is -2.44. The fraction of sp³-hybridized carbons (Fsp3) is 0.619. The minimum atomic E-state index is -0.256. The van der Waals surface area contributed by atoms with Gasteiger partial charge in [0.05, 0.1) is 6.10 Å². The molecule has 0 bridgehead atoms. The fourth-order valence-electron chi connectivity index (χ4n) is 3.81. The minimum Gasteiger partial charge on any atom is -0.368 e. The van der Waals surface area contributed by atoms with E-state index in [-0.39, 0.29) is 36.3 Å². The van der Waals surface area contributed by atoms with Crippen LogP contribution >= 0.6 is 0 Å². The monoisotopic (exact) mass is 376 g/mol. The van der Waals surface area contributed by atoms with E-state index in [2.05, 4.69) is 5.32 Å². The van der Waals surface area contributed by atoms with Crippen LogP contribution in [0.4, 0.5) is 4.39 Å². The number of piperidine rings is 1. The predicted octanol–water partition coefficient (Wildman–Crippen LogP) is 2.95. The molecule has 1 aliphatic heterocycles. The van der Waals surface area contributed by atoms with Gasteiger partial charge in [0.2, 0.25) is 11.8 Å². The van der Waals surface area contributed by atoms with Crippen LogP contribution in [-0.4, -0.2) is 42.5 Å². The maximum Gasteiger partial charge on any atom is 0.248 e. The third-order valence-corrected chi connectivity index (χ3v) is 5.67. The van der Waals surface area contributed by atoms with E-state index in [1.54, 1.807) is 17.9 Å². The number of aryl methyl sites for hydroxylation is 1. The molecule has 1 aromatic rings. The number of halogens is 1. The van der Waals surface area contributed by atoms with Crippen molar-refractivity contribution in [2.45, 2.75) is 58.1 Å². The molecule has 0 radical (unpaired) electrons. The van der Waals surface area contributed by atoms with Crippen LogP contribution in [0, 0.1) is 18.7 Å². The zero-order valence-corrected chi connectivity index (χ0v) is 16.0. The van der Waals surface area contributed by atoms with Gasteiger partial charge in [-0.3, -0.25) is 9.59 Å². The summed E-state index contributed by atoms with van der Waals surface area (Å²) in [6.07, 6.45) is 6.04. The highest BCUT2D eigenvalue weighted by Gasteiger charge is 2.28. The van der Waals surface area contributed by atoms with E-state index in [1.807, 2.05) is 6.07 Å². The van der Waals surface area contributed by atoms with Crippen LogP contribution in [0.5, 0.6) is 0 Å². The molecule has 2 fully saturated rings. The van der Waals surface area contributed by atoms with Crippen LogP contribution in [0.15, 0.2) is 18.2 Å². The summed E-state index contributed by atoms with van der Waals surface area (Å²) in [5.74, 6) is -0.352. The van der Waals surface area contributed by atoms with Crippen LogP contribution in [0.3, 0.4) is 0 Å². The molecule has 0 unspecified atom stereocenters. The lowest BCUT2D eigenvalue weighted by molar-refractivity contribution is -0.141. The summed E-state index contributed by atoms with van der Waals surface area (Å²) in [4.78, 5) is 26.4. The Labute approximate surface area is 160 Å². The van der Waals surface area contributed by atoms with Crippen molar-refractivity contribution in [1.29, 1.82) is 0 Å². The summed E-state index contributed by atoms with van der Waals surface area (Å²) in [6, 6.07) is 5.00. The summed E-state index contributed by atoms with van der Waals surface area (Å²) in [5.41, 5.74) is 1.35. The van der Waals surface area contributed by atoms with Crippen LogP contribution in [0.1, 0.15) is 49.7 Å². The predicted molar refractivity (Wildman–Crippen MR) is 100 cm³/mol. The molecule has 1 heterocycles. The number of nitrogens with zero attached hydrogens (tertiary/aromatic N) is 1. The van der Waals surface area contributed by atoms with E-state index in [4.69, 9.17) is 4.74 Å². The van der Waals surface area contributed by atoms with Crippen molar-refractivity contribution in [1.82, 2.24) is 10.2 Å². The lowest BCUT2D eigenvalue weighted by atomic mass is 9.95. The molecule has 3 rings (SSSR count). The van der Waals surface area contributed by atoms with Gasteiger partial charge < -0.3 is 15.0 Å². The average molecular weight is 376 g/mol. The molecule has 1 saturated heterocycles. The molecule has 5 nitrogen and oxygen atoms in total. The van der Waals surface area contributed by atoms with Crippen LogP contribution in [-0.2, 0) is 20.9 Å². The Bertz CT molecular complexity index is 665. The van der Waals surface area contributed by atoms with Crippen molar-refractivity contribution in [3.05, 3.63) is 35.1 Å². The first-order valence-electron chi connectivity index (χ1n) is 9.95. The molecule has 6 heteroatoms. The summed E-state index contributed by atoms with van der Waals surface area (Å²) in [6.45, 7) is 3.37. The second-order valence-electron chi connectivity index (χ2n) is 7.67. The van der Waals surface area contributed by atoms with Gasteiger partial charge in [-0.05, 0) is 49.8 Å². The van der Waals surface area contributed by atoms with E-state index in [0.717, 1.165) is 18.4 Å². The van der Waals surface area contributed by atoms with Gasteiger partial charge in [-0.15, -0.1) is 0 Å². The maximum atomic E-state index is 13.6. The average Bonchev–Trinajstić information content (AvgIpc) is 3.20. The Morgan fingerprint density at radius 3 is 2.56 bits per heavy atom. The van der Waals surface area contributed by atoms with Gasteiger partial charge in [0, 0.05) is 25.6 Å². The van der Waals surface area contributed by atoms with Crippen molar-refractivity contribution in [3.63, 3.8) is 0 Å². The van der Waals surface area contributed by atoms with Gasteiger partial charge in [0.15, 0.2) is 0 Å². The highest BCUT2D eigenvalue weighted by molar-refractivity contribution is 5.80. The Morgan fingerprint density at radius 2 is 1.89 bits per heavy atom. The molecule has 148 valence electrons. The Balaban J connectivity index is 1.38. The number of likely N-dealkylation sites (tertiary alicyclic amines) is 1. The van der Waals surface area contributed by atoms with Crippen molar-refractivity contribution in [2.24, 2.45) is 5.92 Å². The third-order valence-electron chi connectivity index (χ3n) is 5.67. The van der Waals surface area contributed by atoms with Gasteiger partial charge >= 0.3 is 0 Å². The van der Waals surface area contributed by atoms with Gasteiger partial charge in [0.25, 0.3) is 0 Å². The van der Waals surface area contributed by atoms with Gasteiger partial charge in [-0.1, -0.05) is 25.0 Å². The number of rotatable bonds is 6. The number of ether oxygens (including phenoxy) is 1. The summed E-state index contributed by atoms with van der Waals surface area (Å²) in [7, 11) is 0. The van der Waals surface area contributed by atoms with Crippen molar-refractivity contribution < 1.29 is 18.7 Å². The van der Waals surface area contributed by atoms with E-state index in [1.165, 1.54) is 18.9 Å². The first-order chi connectivity index (χ1) is 13.0. The number of carbonyl (C=O) groups excluding carboxylic acids is 2. The third kappa shape index (κ3) is 5.51. The zero-order chi connectivity index (χ0) is 19.2. The number of hydrogen-bond acceptors (Lipinski definition) is 3. The summed E-state index contributed by atoms with van der Waals surface area (Å²) >= 11 is 0. The Hall–Kier alpha value is -1.95. The molecule has 0 spiro atoms. The smallest absolute Gasteiger partial charge is 0.248 e.